The van der Waals surface area contributed by atoms with Crippen LogP contribution in [0, 0.1) is 5.41 Å². The fourth-order valence-corrected chi connectivity index (χ4v) is 7.56. The number of fused-ring (bicyclic) bond motifs is 6. The topological polar surface area (TPSA) is 65.2 Å². The number of aryl methyl sites for hydroxylation is 1. The predicted octanol–water partition coefficient (Wildman–Crippen LogP) is 5.62. The highest BCUT2D eigenvalue weighted by molar-refractivity contribution is 9.10. The number of ketones is 1. The van der Waals surface area contributed by atoms with E-state index < -0.39 is 11.0 Å². The van der Waals surface area contributed by atoms with Crippen molar-refractivity contribution in [2.24, 2.45) is 5.41 Å². The van der Waals surface area contributed by atoms with E-state index >= 15 is 0 Å². The van der Waals surface area contributed by atoms with Gasteiger partial charge in [0, 0.05) is 39.1 Å². The second-order valence-corrected chi connectivity index (χ2v) is 10.9. The van der Waals surface area contributed by atoms with Crippen LogP contribution in [0.25, 0.3) is 10.9 Å². The predicted molar refractivity (Wildman–Crippen MR) is 140 cm³/mol. The number of likely N-dealkylation sites (tertiary alicyclic amines) is 1. The summed E-state index contributed by atoms with van der Waals surface area (Å²) in [5.74, 6) is -0.197. The Morgan fingerprint density at radius 3 is 2.54 bits per heavy atom. The Morgan fingerprint density at radius 2 is 1.71 bits per heavy atom. The van der Waals surface area contributed by atoms with Crippen LogP contribution in [0.5, 0.6) is 0 Å². The number of halogens is 1. The number of anilines is 1. The summed E-state index contributed by atoms with van der Waals surface area (Å²) >= 11 is 3.55. The monoisotopic (exact) mass is 525 g/mol. The van der Waals surface area contributed by atoms with Crippen LogP contribution in [-0.2, 0) is 16.8 Å². The number of carbonyl (C=O) groups excluding carboxylic acids is 2. The van der Waals surface area contributed by atoms with E-state index in [-0.39, 0.29) is 17.6 Å². The average molecular weight is 526 g/mol. The van der Waals surface area contributed by atoms with E-state index in [0.29, 0.717) is 18.7 Å². The zero-order valence-electron chi connectivity index (χ0n) is 19.3. The summed E-state index contributed by atoms with van der Waals surface area (Å²) in [5.41, 5.74) is 3.47. The van der Waals surface area contributed by atoms with Crippen molar-refractivity contribution in [3.05, 3.63) is 99.7 Å². The molecule has 35 heavy (non-hydrogen) atoms. The first-order valence-corrected chi connectivity index (χ1v) is 12.8. The largest absolute Gasteiger partial charge is 0.352 e. The molecule has 0 bridgehead atoms. The number of likely N-dealkylation sites (N-methyl/N-ethyl adjacent to an activating group) is 1. The summed E-state index contributed by atoms with van der Waals surface area (Å²) in [4.78, 5) is 34.5. The van der Waals surface area contributed by atoms with E-state index in [9.17, 15) is 9.59 Å². The van der Waals surface area contributed by atoms with Crippen LogP contribution in [0.2, 0.25) is 0 Å². The highest BCUT2D eigenvalue weighted by Crippen LogP contribution is 2.66. The standard InChI is InChI=1S/C29H24BrN3O2/c1-33-16-22(17-10-12-18(30)13-11-17)28(29(33)21-7-3-5-9-24(21)32-27(29)35)15-14-20-19-6-2-4-8-23(19)31-25(20)26(28)34/h2-13,22,31H,14-16H2,1H3,(H,32,35)/t22-,28+,29-/m0/s1. The van der Waals surface area contributed by atoms with Gasteiger partial charge < -0.3 is 10.3 Å². The molecule has 0 radical (unpaired) electrons. The number of H-pyrrole nitrogens is 1. The van der Waals surface area contributed by atoms with Gasteiger partial charge in [-0.3, -0.25) is 14.5 Å². The van der Waals surface area contributed by atoms with E-state index in [1.807, 2.05) is 61.6 Å². The third-order valence-corrected chi connectivity index (χ3v) is 9.18. The lowest BCUT2D eigenvalue weighted by Gasteiger charge is -2.47. The van der Waals surface area contributed by atoms with Crippen molar-refractivity contribution >= 4 is 44.2 Å². The molecule has 7 rings (SSSR count). The molecule has 3 aromatic carbocycles. The van der Waals surface area contributed by atoms with Crippen LogP contribution in [0.4, 0.5) is 5.69 Å². The molecular weight excluding hydrogens is 502 g/mol. The Morgan fingerprint density at radius 1 is 0.971 bits per heavy atom. The molecule has 2 spiro atoms. The van der Waals surface area contributed by atoms with Gasteiger partial charge in [-0.25, -0.2) is 0 Å². The van der Waals surface area contributed by atoms with Gasteiger partial charge in [0.25, 0.3) is 5.91 Å². The van der Waals surface area contributed by atoms with Crippen molar-refractivity contribution in [1.82, 2.24) is 9.88 Å². The number of benzene rings is 3. The number of hydrogen-bond acceptors (Lipinski definition) is 3. The normalized spacial score (nSPS) is 27.5. The lowest BCUT2D eigenvalue weighted by atomic mass is 9.54. The molecule has 3 atom stereocenters. The van der Waals surface area contributed by atoms with Crippen molar-refractivity contribution in [3.8, 4) is 0 Å². The first-order valence-electron chi connectivity index (χ1n) is 12.0. The minimum Gasteiger partial charge on any atom is -0.352 e. The summed E-state index contributed by atoms with van der Waals surface area (Å²) < 4.78 is 0.994. The molecule has 2 N–H and O–H groups in total. The van der Waals surface area contributed by atoms with Crippen LogP contribution in [0.15, 0.2) is 77.3 Å². The molecule has 174 valence electrons. The van der Waals surface area contributed by atoms with Crippen molar-refractivity contribution in [1.29, 1.82) is 0 Å². The van der Waals surface area contributed by atoms with Gasteiger partial charge in [-0.1, -0.05) is 64.5 Å². The second-order valence-electron chi connectivity index (χ2n) is 10.0. The summed E-state index contributed by atoms with van der Waals surface area (Å²) in [6.07, 6.45) is 1.34. The molecule has 3 heterocycles. The molecule has 5 nitrogen and oxygen atoms in total. The SMILES string of the molecule is CN1C[C@@H](c2ccc(Br)cc2)[C@@]2(CCc3c([nH]c4ccccc34)C2=O)[C@]12C(=O)Nc1ccccc12. The number of aromatic nitrogens is 1. The lowest BCUT2D eigenvalue weighted by molar-refractivity contribution is -0.130. The van der Waals surface area contributed by atoms with Crippen LogP contribution >= 0.6 is 15.9 Å². The van der Waals surface area contributed by atoms with Crippen molar-refractivity contribution in [3.63, 3.8) is 0 Å². The zero-order chi connectivity index (χ0) is 23.9. The molecule has 1 saturated heterocycles. The summed E-state index contributed by atoms with van der Waals surface area (Å²) in [5, 5.41) is 4.23. The van der Waals surface area contributed by atoms with Crippen molar-refractivity contribution < 1.29 is 9.59 Å². The van der Waals surface area contributed by atoms with Crippen LogP contribution in [-0.4, -0.2) is 35.2 Å². The Hall–Kier alpha value is -3.22. The van der Waals surface area contributed by atoms with Crippen molar-refractivity contribution in [2.45, 2.75) is 24.3 Å². The van der Waals surface area contributed by atoms with Crippen LogP contribution < -0.4 is 5.32 Å². The van der Waals surface area contributed by atoms with E-state index in [4.69, 9.17) is 0 Å². The molecule has 1 amide bonds. The zero-order valence-corrected chi connectivity index (χ0v) is 20.9. The fourth-order valence-electron chi connectivity index (χ4n) is 7.30. The third-order valence-electron chi connectivity index (χ3n) is 8.65. The Bertz CT molecular complexity index is 1540. The van der Waals surface area contributed by atoms with Gasteiger partial charge in [0.05, 0.1) is 11.1 Å². The summed E-state index contributed by atoms with van der Waals surface area (Å²) in [6.45, 7) is 0.616. The van der Waals surface area contributed by atoms with E-state index in [1.54, 1.807) is 0 Å². The minimum atomic E-state index is -1.08. The number of para-hydroxylation sites is 2. The maximum atomic E-state index is 14.9. The van der Waals surface area contributed by atoms with E-state index in [1.165, 1.54) is 0 Å². The number of nitrogens with one attached hydrogen (secondary N) is 2. The summed E-state index contributed by atoms with van der Waals surface area (Å²) in [7, 11) is 2.00. The molecule has 1 aromatic heterocycles. The smallest absolute Gasteiger partial charge is 0.250 e. The molecule has 1 fully saturated rings. The van der Waals surface area contributed by atoms with Crippen LogP contribution in [0.1, 0.15) is 39.5 Å². The van der Waals surface area contributed by atoms with Gasteiger partial charge in [-0.15, -0.1) is 0 Å². The number of Topliss-reactive ketones (excluding diaryl/α,β-unsaturated/α-hetero) is 1. The molecule has 4 aromatic rings. The number of carbonyl (C=O) groups is 2. The van der Waals surface area contributed by atoms with Gasteiger partial charge in [-0.05, 0) is 55.3 Å². The average Bonchev–Trinajstić information content (AvgIpc) is 3.48. The van der Waals surface area contributed by atoms with Gasteiger partial charge in [0.1, 0.15) is 5.54 Å². The Labute approximate surface area is 211 Å². The van der Waals surface area contributed by atoms with E-state index in [0.717, 1.165) is 44.2 Å². The maximum absolute atomic E-state index is 14.9. The highest BCUT2D eigenvalue weighted by atomic mass is 79.9. The maximum Gasteiger partial charge on any atom is 0.250 e. The number of amides is 1. The Balaban J connectivity index is 1.54. The van der Waals surface area contributed by atoms with Crippen molar-refractivity contribution in [2.75, 3.05) is 18.9 Å². The minimum absolute atomic E-state index is 0.0408. The first-order chi connectivity index (χ1) is 17.0. The third kappa shape index (κ3) is 2.46. The molecule has 1 aliphatic carbocycles. The quantitative estimate of drug-likeness (QED) is 0.338. The first kappa shape index (κ1) is 21.1. The highest BCUT2D eigenvalue weighted by Gasteiger charge is 2.74. The van der Waals surface area contributed by atoms with Gasteiger partial charge >= 0.3 is 0 Å². The van der Waals surface area contributed by atoms with Crippen LogP contribution in [0.3, 0.4) is 0 Å². The number of rotatable bonds is 1. The number of nitrogens with zero attached hydrogens (tertiary/aromatic N) is 1. The second kappa shape index (κ2) is 7.15. The molecule has 0 saturated carbocycles. The summed E-state index contributed by atoms with van der Waals surface area (Å²) in [6, 6.07) is 24.2. The Kier molecular flexibility index (Phi) is 4.31. The molecule has 6 heteroatoms. The van der Waals surface area contributed by atoms with Gasteiger partial charge in [-0.2, -0.15) is 0 Å². The van der Waals surface area contributed by atoms with E-state index in [2.05, 4.69) is 49.3 Å². The fraction of sp³-hybridized carbons (Fsp3) is 0.241. The molecule has 2 aliphatic heterocycles. The molecule has 0 unspecified atom stereocenters. The molecule has 3 aliphatic rings. The number of hydrogen-bond donors (Lipinski definition) is 2. The van der Waals surface area contributed by atoms with Gasteiger partial charge in [0.2, 0.25) is 0 Å². The molecular formula is C29H24BrN3O2. The van der Waals surface area contributed by atoms with Gasteiger partial charge in [0.15, 0.2) is 5.78 Å². The lowest BCUT2D eigenvalue weighted by Crippen LogP contribution is -2.60. The number of aromatic amines is 1.